The standard InChI is InChI=1S/C22H26N4O2S/c1-14(2)13-28-20-8-7-18(23)12-19(20)21(27)26-25-15(3)16-5-4-6-17(11-16)22-24-9-10-29-22/h4-12,14-15,25H,13,23H2,1-3H3,(H,26,27). The van der Waals surface area contributed by atoms with E-state index in [2.05, 4.69) is 35.7 Å². The minimum absolute atomic E-state index is 0.0973. The number of hydrogen-bond acceptors (Lipinski definition) is 6. The van der Waals surface area contributed by atoms with Gasteiger partial charge in [-0.25, -0.2) is 10.4 Å². The number of hydrogen-bond donors (Lipinski definition) is 3. The van der Waals surface area contributed by atoms with Crippen LogP contribution in [-0.4, -0.2) is 17.5 Å². The van der Waals surface area contributed by atoms with Gasteiger partial charge in [0.1, 0.15) is 10.8 Å². The van der Waals surface area contributed by atoms with Crippen LogP contribution in [0.15, 0.2) is 54.0 Å². The molecule has 0 fully saturated rings. The Balaban J connectivity index is 1.68. The molecular formula is C22H26N4O2S. The fourth-order valence-electron chi connectivity index (χ4n) is 2.74. The van der Waals surface area contributed by atoms with Gasteiger partial charge in [0.15, 0.2) is 0 Å². The minimum Gasteiger partial charge on any atom is -0.492 e. The first kappa shape index (κ1) is 20.8. The summed E-state index contributed by atoms with van der Waals surface area (Å²) in [6.07, 6.45) is 1.79. The number of nitrogen functional groups attached to an aromatic ring is 1. The van der Waals surface area contributed by atoms with Gasteiger partial charge in [-0.15, -0.1) is 11.3 Å². The van der Waals surface area contributed by atoms with Gasteiger partial charge < -0.3 is 10.5 Å². The number of ether oxygens (including phenoxy) is 1. The quantitative estimate of drug-likeness (QED) is 0.378. The van der Waals surface area contributed by atoms with Crippen molar-refractivity contribution >= 4 is 22.9 Å². The van der Waals surface area contributed by atoms with Crippen molar-refractivity contribution in [2.75, 3.05) is 12.3 Å². The number of nitrogens with two attached hydrogens (primary N) is 1. The zero-order chi connectivity index (χ0) is 20.8. The molecule has 1 amide bonds. The van der Waals surface area contributed by atoms with Crippen molar-refractivity contribution < 1.29 is 9.53 Å². The summed E-state index contributed by atoms with van der Waals surface area (Å²) in [5.41, 5.74) is 14.7. The van der Waals surface area contributed by atoms with Crippen LogP contribution in [0.2, 0.25) is 0 Å². The number of amides is 1. The molecule has 0 saturated carbocycles. The first-order chi connectivity index (χ1) is 13.9. The number of benzene rings is 2. The summed E-state index contributed by atoms with van der Waals surface area (Å²) in [6.45, 7) is 6.62. The van der Waals surface area contributed by atoms with Gasteiger partial charge in [0, 0.05) is 28.9 Å². The van der Waals surface area contributed by atoms with E-state index in [4.69, 9.17) is 10.5 Å². The van der Waals surface area contributed by atoms with E-state index >= 15 is 0 Å². The Morgan fingerprint density at radius 2 is 2.03 bits per heavy atom. The van der Waals surface area contributed by atoms with Crippen LogP contribution >= 0.6 is 11.3 Å². The van der Waals surface area contributed by atoms with Crippen LogP contribution in [0.1, 0.15) is 42.7 Å². The van der Waals surface area contributed by atoms with Gasteiger partial charge in [-0.3, -0.25) is 10.2 Å². The van der Waals surface area contributed by atoms with Crippen LogP contribution in [0.5, 0.6) is 5.75 Å². The number of hydrazine groups is 1. The van der Waals surface area contributed by atoms with E-state index in [1.54, 1.807) is 35.7 Å². The first-order valence-electron chi connectivity index (χ1n) is 9.52. The Hall–Kier alpha value is -2.90. The molecule has 2 aromatic carbocycles. The fourth-order valence-corrected chi connectivity index (χ4v) is 3.37. The molecule has 1 heterocycles. The highest BCUT2D eigenvalue weighted by Crippen LogP contribution is 2.25. The molecule has 0 radical (unpaired) electrons. The Bertz CT molecular complexity index is 957. The topological polar surface area (TPSA) is 89.3 Å². The molecule has 1 atom stereocenters. The third-order valence-corrected chi connectivity index (χ3v) is 5.11. The van der Waals surface area contributed by atoms with Crippen LogP contribution in [0.25, 0.3) is 10.6 Å². The maximum atomic E-state index is 12.7. The van der Waals surface area contributed by atoms with Crippen molar-refractivity contribution in [3.05, 3.63) is 65.2 Å². The van der Waals surface area contributed by atoms with Crippen molar-refractivity contribution in [2.45, 2.75) is 26.8 Å². The molecular weight excluding hydrogens is 384 g/mol. The number of nitrogens with one attached hydrogen (secondary N) is 2. The number of carbonyl (C=O) groups is 1. The molecule has 0 saturated heterocycles. The molecule has 7 heteroatoms. The van der Waals surface area contributed by atoms with Crippen molar-refractivity contribution in [1.29, 1.82) is 0 Å². The van der Waals surface area contributed by atoms with E-state index in [9.17, 15) is 4.79 Å². The summed E-state index contributed by atoms with van der Waals surface area (Å²) < 4.78 is 5.77. The Morgan fingerprint density at radius 3 is 2.76 bits per heavy atom. The van der Waals surface area contributed by atoms with Crippen molar-refractivity contribution in [2.24, 2.45) is 5.92 Å². The molecule has 29 heavy (non-hydrogen) atoms. The van der Waals surface area contributed by atoms with Crippen molar-refractivity contribution in [3.63, 3.8) is 0 Å². The van der Waals surface area contributed by atoms with Crippen molar-refractivity contribution in [3.8, 4) is 16.3 Å². The average Bonchev–Trinajstić information content (AvgIpc) is 3.25. The lowest BCUT2D eigenvalue weighted by Gasteiger charge is -2.18. The second-order valence-corrected chi connectivity index (χ2v) is 8.14. The fraction of sp³-hybridized carbons (Fsp3) is 0.273. The van der Waals surface area contributed by atoms with Crippen LogP contribution in [0.3, 0.4) is 0 Å². The second-order valence-electron chi connectivity index (χ2n) is 7.24. The van der Waals surface area contributed by atoms with E-state index in [1.807, 2.05) is 30.5 Å². The molecule has 0 bridgehead atoms. The van der Waals surface area contributed by atoms with Crippen LogP contribution in [0.4, 0.5) is 5.69 Å². The van der Waals surface area contributed by atoms with E-state index < -0.39 is 0 Å². The molecule has 0 aliphatic rings. The van der Waals surface area contributed by atoms with E-state index in [0.717, 1.165) is 16.1 Å². The third kappa shape index (κ3) is 5.56. The molecule has 1 aromatic heterocycles. The summed E-state index contributed by atoms with van der Waals surface area (Å²) in [5, 5.41) is 2.92. The maximum Gasteiger partial charge on any atom is 0.269 e. The molecule has 4 N–H and O–H groups in total. The maximum absolute atomic E-state index is 12.7. The highest BCUT2D eigenvalue weighted by atomic mass is 32.1. The summed E-state index contributed by atoms with van der Waals surface area (Å²) in [5.74, 6) is 0.580. The van der Waals surface area contributed by atoms with Crippen LogP contribution in [0, 0.1) is 5.92 Å². The summed E-state index contributed by atoms with van der Waals surface area (Å²) in [6, 6.07) is 13.1. The smallest absolute Gasteiger partial charge is 0.269 e. The number of thiazole rings is 1. The lowest BCUT2D eigenvalue weighted by molar-refractivity contribution is 0.0921. The predicted molar refractivity (Wildman–Crippen MR) is 118 cm³/mol. The molecule has 0 spiro atoms. The lowest BCUT2D eigenvalue weighted by atomic mass is 10.1. The molecule has 3 aromatic rings. The molecule has 6 nitrogen and oxygen atoms in total. The minimum atomic E-state index is -0.293. The average molecular weight is 411 g/mol. The first-order valence-corrected chi connectivity index (χ1v) is 10.4. The highest BCUT2D eigenvalue weighted by molar-refractivity contribution is 7.13. The Morgan fingerprint density at radius 1 is 1.21 bits per heavy atom. The molecule has 0 aliphatic carbocycles. The summed E-state index contributed by atoms with van der Waals surface area (Å²) in [7, 11) is 0. The lowest BCUT2D eigenvalue weighted by Crippen LogP contribution is -2.39. The van der Waals surface area contributed by atoms with E-state index in [1.165, 1.54) is 0 Å². The van der Waals surface area contributed by atoms with Crippen molar-refractivity contribution in [1.82, 2.24) is 15.8 Å². The van der Waals surface area contributed by atoms with Gasteiger partial charge in [-0.05, 0) is 42.7 Å². The highest BCUT2D eigenvalue weighted by Gasteiger charge is 2.15. The normalized spacial score (nSPS) is 12.0. The zero-order valence-corrected chi connectivity index (χ0v) is 17.6. The van der Waals surface area contributed by atoms with Crippen LogP contribution in [-0.2, 0) is 0 Å². The summed E-state index contributed by atoms with van der Waals surface area (Å²) >= 11 is 1.59. The second kappa shape index (κ2) is 9.54. The van der Waals surface area contributed by atoms with Gasteiger partial charge in [-0.2, -0.15) is 0 Å². The van der Waals surface area contributed by atoms with Gasteiger partial charge >= 0.3 is 0 Å². The van der Waals surface area contributed by atoms with Gasteiger partial charge in [0.2, 0.25) is 0 Å². The van der Waals surface area contributed by atoms with Gasteiger partial charge in [0.25, 0.3) is 5.91 Å². The Labute approximate surface area is 175 Å². The molecule has 0 aliphatic heterocycles. The van der Waals surface area contributed by atoms with E-state index in [0.29, 0.717) is 29.5 Å². The van der Waals surface area contributed by atoms with Gasteiger partial charge in [-0.1, -0.05) is 32.0 Å². The molecule has 3 rings (SSSR count). The number of nitrogens with zero attached hydrogens (tertiary/aromatic N) is 1. The number of anilines is 1. The van der Waals surface area contributed by atoms with E-state index in [-0.39, 0.29) is 11.9 Å². The third-order valence-electron chi connectivity index (χ3n) is 4.29. The largest absolute Gasteiger partial charge is 0.492 e. The monoisotopic (exact) mass is 410 g/mol. The number of carbonyl (C=O) groups excluding carboxylic acids is 1. The summed E-state index contributed by atoms with van der Waals surface area (Å²) in [4.78, 5) is 17.1. The zero-order valence-electron chi connectivity index (χ0n) is 16.8. The van der Waals surface area contributed by atoms with Gasteiger partial charge in [0.05, 0.1) is 12.2 Å². The Kier molecular flexibility index (Phi) is 6.85. The number of rotatable bonds is 8. The SMILES string of the molecule is CC(C)COc1ccc(N)cc1C(=O)NNC(C)c1cccc(-c2nccs2)c1. The van der Waals surface area contributed by atoms with Crippen LogP contribution < -0.4 is 21.3 Å². The predicted octanol–water partition coefficient (Wildman–Crippen LogP) is 4.42. The molecule has 1 unspecified atom stereocenters. The number of aromatic nitrogens is 1. The molecule has 152 valence electrons.